The number of carbonyl (C=O) groups excluding carboxylic acids is 1. The number of oxazole rings is 1. The molecule has 2 heterocycles. The number of halogens is 2. The highest BCUT2D eigenvalue weighted by atomic mass is 127. The number of piperazine rings is 1. The Morgan fingerprint density at radius 2 is 1.87 bits per heavy atom. The highest BCUT2D eigenvalue weighted by molar-refractivity contribution is 14.0. The molecule has 1 aromatic heterocycles. The van der Waals surface area contributed by atoms with Crippen LogP contribution < -0.4 is 5.32 Å². The topological polar surface area (TPSA) is 83.2 Å². The summed E-state index contributed by atoms with van der Waals surface area (Å²) in [5.74, 6) is 0.998. The predicted molar refractivity (Wildman–Crippen MR) is 127 cm³/mol. The van der Waals surface area contributed by atoms with Gasteiger partial charge in [-0.25, -0.2) is 14.2 Å². The summed E-state index contributed by atoms with van der Waals surface area (Å²) in [6.07, 6.45) is 1.98. The molecule has 0 unspecified atom stereocenters. The monoisotopic (exact) mass is 545 g/mol. The summed E-state index contributed by atoms with van der Waals surface area (Å²) in [5.41, 5.74) is 1.53. The molecule has 0 saturated carbocycles. The quantitative estimate of drug-likeness (QED) is 0.341. The fourth-order valence-electron chi connectivity index (χ4n) is 3.16. The second-order valence-electron chi connectivity index (χ2n) is 6.81. The number of guanidine groups is 1. The number of aliphatic imine (C=N–C) groups is 1. The molecule has 170 valence electrons. The van der Waals surface area contributed by atoms with Crippen LogP contribution in [-0.2, 0) is 11.2 Å². The number of rotatable bonds is 6. The third-order valence-corrected chi connectivity index (χ3v) is 4.71. The Morgan fingerprint density at radius 1 is 1.19 bits per heavy atom. The fourth-order valence-corrected chi connectivity index (χ4v) is 3.16. The van der Waals surface area contributed by atoms with Crippen molar-refractivity contribution in [1.82, 2.24) is 20.1 Å². The Balaban J connectivity index is 0.00000341. The first-order valence-corrected chi connectivity index (χ1v) is 10.3. The van der Waals surface area contributed by atoms with Crippen molar-refractivity contribution in [3.05, 3.63) is 42.0 Å². The Labute approximate surface area is 198 Å². The zero-order chi connectivity index (χ0) is 21.3. The zero-order valence-electron chi connectivity index (χ0n) is 17.8. The number of nitrogens with one attached hydrogen (secondary N) is 1. The van der Waals surface area contributed by atoms with E-state index in [0.29, 0.717) is 51.6 Å². The molecule has 0 aliphatic carbocycles. The minimum atomic E-state index is -0.293. The molecule has 1 aliphatic heterocycles. The van der Waals surface area contributed by atoms with Gasteiger partial charge in [0.1, 0.15) is 12.1 Å². The lowest BCUT2D eigenvalue weighted by molar-refractivity contribution is 0.0914. The van der Waals surface area contributed by atoms with Gasteiger partial charge in [-0.15, -0.1) is 24.0 Å². The van der Waals surface area contributed by atoms with Gasteiger partial charge in [-0.05, 0) is 38.1 Å². The van der Waals surface area contributed by atoms with Crippen LogP contribution in [0, 0.1) is 5.82 Å². The average Bonchev–Trinajstić information content (AvgIpc) is 3.23. The number of nitrogens with zero attached hydrogens (tertiary/aromatic N) is 4. The number of ether oxygens (including phenoxy) is 1. The molecule has 8 nitrogen and oxygen atoms in total. The molecule has 0 radical (unpaired) electrons. The predicted octanol–water partition coefficient (Wildman–Crippen LogP) is 3.38. The van der Waals surface area contributed by atoms with Crippen LogP contribution in [0.15, 0.2) is 39.9 Å². The molecule has 2 aromatic rings. The highest BCUT2D eigenvalue weighted by Gasteiger charge is 2.23. The van der Waals surface area contributed by atoms with E-state index in [2.05, 4.69) is 15.2 Å². The van der Waals surface area contributed by atoms with Crippen LogP contribution in [-0.4, -0.2) is 72.7 Å². The molecule has 1 N–H and O–H groups in total. The molecule has 0 atom stereocenters. The van der Waals surface area contributed by atoms with Gasteiger partial charge in [0, 0.05) is 51.3 Å². The smallest absolute Gasteiger partial charge is 0.409 e. The molecular weight excluding hydrogens is 516 g/mol. The van der Waals surface area contributed by atoms with Gasteiger partial charge in [0.25, 0.3) is 0 Å². The fraction of sp³-hybridized carbons (Fsp3) is 0.476. The lowest BCUT2D eigenvalue weighted by Crippen LogP contribution is -2.54. The lowest BCUT2D eigenvalue weighted by atomic mass is 10.2. The van der Waals surface area contributed by atoms with E-state index in [1.165, 1.54) is 12.1 Å². The van der Waals surface area contributed by atoms with E-state index >= 15 is 0 Å². The van der Waals surface area contributed by atoms with Crippen LogP contribution in [0.5, 0.6) is 0 Å². The standard InChI is InChI=1S/C21H28FN5O3.HI/c1-3-23-20(26-11-13-27(14-12-26)21(28)29-4-2)24-10-9-18-15-30-19(25-18)16-5-7-17(22)8-6-16;/h5-8,15H,3-4,9-14H2,1-2H3,(H,23,24);1H. The van der Waals surface area contributed by atoms with Crippen LogP contribution >= 0.6 is 24.0 Å². The average molecular weight is 545 g/mol. The van der Waals surface area contributed by atoms with Crippen molar-refractivity contribution in [1.29, 1.82) is 0 Å². The van der Waals surface area contributed by atoms with Crippen LogP contribution in [0.25, 0.3) is 11.5 Å². The number of benzene rings is 1. The third-order valence-electron chi connectivity index (χ3n) is 4.71. The van der Waals surface area contributed by atoms with Crippen LogP contribution in [0.1, 0.15) is 19.5 Å². The van der Waals surface area contributed by atoms with E-state index < -0.39 is 0 Å². The van der Waals surface area contributed by atoms with Gasteiger partial charge >= 0.3 is 6.09 Å². The Kier molecular flexibility index (Phi) is 10.0. The van der Waals surface area contributed by atoms with Crippen molar-refractivity contribution in [2.75, 3.05) is 45.9 Å². The first kappa shape index (κ1) is 24.9. The SMILES string of the molecule is CCNC(=NCCc1coc(-c2ccc(F)cc2)n1)N1CCN(C(=O)OCC)CC1.I. The van der Waals surface area contributed by atoms with Crippen molar-refractivity contribution in [2.24, 2.45) is 4.99 Å². The lowest BCUT2D eigenvalue weighted by Gasteiger charge is -2.35. The summed E-state index contributed by atoms with van der Waals surface area (Å²) in [6, 6.07) is 6.05. The Morgan fingerprint density at radius 3 is 2.52 bits per heavy atom. The zero-order valence-corrected chi connectivity index (χ0v) is 20.2. The van der Waals surface area contributed by atoms with E-state index in [4.69, 9.17) is 14.1 Å². The van der Waals surface area contributed by atoms with Crippen LogP contribution in [0.2, 0.25) is 0 Å². The molecule has 0 bridgehead atoms. The van der Waals surface area contributed by atoms with Gasteiger partial charge < -0.3 is 24.3 Å². The first-order chi connectivity index (χ1) is 14.6. The Bertz CT molecular complexity index is 851. The minimum absolute atomic E-state index is 0. The first-order valence-electron chi connectivity index (χ1n) is 10.3. The molecule has 3 rings (SSSR count). The van der Waals surface area contributed by atoms with Crippen molar-refractivity contribution < 1.29 is 18.3 Å². The van der Waals surface area contributed by atoms with E-state index in [9.17, 15) is 9.18 Å². The molecule has 1 aromatic carbocycles. The molecule has 31 heavy (non-hydrogen) atoms. The molecule has 1 fully saturated rings. The van der Waals surface area contributed by atoms with Gasteiger partial charge in [0.15, 0.2) is 5.96 Å². The number of hydrogen-bond donors (Lipinski definition) is 1. The second kappa shape index (κ2) is 12.5. The van der Waals surface area contributed by atoms with Crippen LogP contribution in [0.4, 0.5) is 9.18 Å². The molecule has 1 amide bonds. The van der Waals surface area contributed by atoms with E-state index in [0.717, 1.165) is 23.8 Å². The second-order valence-corrected chi connectivity index (χ2v) is 6.81. The number of amides is 1. The Hall–Kier alpha value is -2.37. The van der Waals surface area contributed by atoms with Gasteiger partial charge in [-0.1, -0.05) is 0 Å². The van der Waals surface area contributed by atoms with Gasteiger partial charge in [-0.2, -0.15) is 0 Å². The number of aromatic nitrogens is 1. The number of hydrogen-bond acceptors (Lipinski definition) is 5. The normalized spacial score (nSPS) is 14.2. The van der Waals surface area contributed by atoms with Crippen molar-refractivity contribution >= 4 is 36.0 Å². The summed E-state index contributed by atoms with van der Waals surface area (Å²) < 4.78 is 23.6. The van der Waals surface area contributed by atoms with Crippen LogP contribution in [0.3, 0.4) is 0 Å². The van der Waals surface area contributed by atoms with E-state index in [1.807, 2.05) is 13.8 Å². The summed E-state index contributed by atoms with van der Waals surface area (Å²) in [7, 11) is 0. The summed E-state index contributed by atoms with van der Waals surface area (Å²) in [4.78, 5) is 24.9. The van der Waals surface area contributed by atoms with Gasteiger partial charge in [0.05, 0.1) is 12.3 Å². The van der Waals surface area contributed by atoms with Crippen molar-refractivity contribution in [3.63, 3.8) is 0 Å². The maximum atomic E-state index is 13.1. The minimum Gasteiger partial charge on any atom is -0.450 e. The molecular formula is C21H29FIN5O3. The summed E-state index contributed by atoms with van der Waals surface area (Å²) in [6.45, 7) is 8.13. The molecule has 1 aliphatic rings. The van der Waals surface area contributed by atoms with Gasteiger partial charge in [-0.3, -0.25) is 4.99 Å². The summed E-state index contributed by atoms with van der Waals surface area (Å²) in [5, 5.41) is 3.31. The van der Waals surface area contributed by atoms with Crippen molar-refractivity contribution in [3.8, 4) is 11.5 Å². The van der Waals surface area contributed by atoms with Crippen molar-refractivity contribution in [2.45, 2.75) is 20.3 Å². The van der Waals surface area contributed by atoms with E-state index in [-0.39, 0.29) is 35.9 Å². The summed E-state index contributed by atoms with van der Waals surface area (Å²) >= 11 is 0. The molecule has 0 spiro atoms. The maximum absolute atomic E-state index is 13.1. The molecule has 10 heteroatoms. The van der Waals surface area contributed by atoms with Gasteiger partial charge in [0.2, 0.25) is 5.89 Å². The number of carbonyl (C=O) groups is 1. The van der Waals surface area contributed by atoms with E-state index in [1.54, 1.807) is 23.3 Å². The molecule has 1 saturated heterocycles. The maximum Gasteiger partial charge on any atom is 0.409 e. The third kappa shape index (κ3) is 7.08. The highest BCUT2D eigenvalue weighted by Crippen LogP contribution is 2.19. The largest absolute Gasteiger partial charge is 0.450 e.